The third-order valence-electron chi connectivity index (χ3n) is 3.80. The Morgan fingerprint density at radius 1 is 1.45 bits per heavy atom. The average Bonchev–Trinajstić information content (AvgIpc) is 2.48. The molecule has 4 nitrogen and oxygen atoms in total. The van der Waals surface area contributed by atoms with Crippen LogP contribution in [0.4, 0.5) is 4.39 Å². The molecule has 120 valence electrons. The van der Waals surface area contributed by atoms with Crippen LogP contribution in [0, 0.1) is 11.7 Å². The highest BCUT2D eigenvalue weighted by atomic mass is 79.9. The molecule has 1 aromatic rings. The Labute approximate surface area is 141 Å². The summed E-state index contributed by atoms with van der Waals surface area (Å²) < 4.78 is 13.8. The number of piperidine rings is 1. The molecule has 22 heavy (non-hydrogen) atoms. The van der Waals surface area contributed by atoms with E-state index in [0.29, 0.717) is 19.5 Å². The van der Waals surface area contributed by atoms with Crippen molar-refractivity contribution in [1.82, 2.24) is 4.90 Å². The van der Waals surface area contributed by atoms with Crippen molar-refractivity contribution in [2.75, 3.05) is 13.1 Å². The van der Waals surface area contributed by atoms with Gasteiger partial charge in [0, 0.05) is 24.5 Å². The average molecular weight is 393 g/mol. The minimum absolute atomic E-state index is 0.0994. The number of amides is 1. The van der Waals surface area contributed by atoms with Gasteiger partial charge in [0.1, 0.15) is 5.82 Å². The van der Waals surface area contributed by atoms with Crippen molar-refractivity contribution < 1.29 is 19.1 Å². The number of hydrogen-bond acceptors (Lipinski definition) is 2. The number of halogens is 3. The molecule has 1 aliphatic heterocycles. The van der Waals surface area contributed by atoms with Crippen LogP contribution in [0.3, 0.4) is 0 Å². The number of rotatable bonds is 4. The summed E-state index contributed by atoms with van der Waals surface area (Å²) in [5, 5.41) is 8.92. The molecule has 2 rings (SSSR count). The number of carboxylic acid groups (broad SMARTS) is 1. The molecule has 7 heteroatoms. The van der Waals surface area contributed by atoms with Gasteiger partial charge in [-0.25, -0.2) is 4.39 Å². The lowest BCUT2D eigenvalue weighted by Gasteiger charge is -2.33. The Morgan fingerprint density at radius 2 is 2.18 bits per heavy atom. The van der Waals surface area contributed by atoms with E-state index in [1.165, 1.54) is 6.07 Å². The first-order chi connectivity index (χ1) is 10.4. The SMILES string of the molecule is O=C(O)CCC1CCCN(C(=O)c2cc(Cl)cc(F)c2Br)C1. The number of aliphatic carboxylic acids is 1. The van der Waals surface area contributed by atoms with Crippen LogP contribution in [0.1, 0.15) is 36.0 Å². The first-order valence-electron chi connectivity index (χ1n) is 7.04. The molecule has 1 unspecified atom stereocenters. The van der Waals surface area contributed by atoms with Crippen molar-refractivity contribution in [2.45, 2.75) is 25.7 Å². The third kappa shape index (κ3) is 4.20. The molecule has 1 amide bonds. The summed E-state index contributed by atoms with van der Waals surface area (Å²) in [7, 11) is 0. The minimum Gasteiger partial charge on any atom is -0.481 e. The van der Waals surface area contributed by atoms with Gasteiger partial charge in [0.2, 0.25) is 0 Å². The molecule has 1 aromatic carbocycles. The lowest BCUT2D eigenvalue weighted by Crippen LogP contribution is -2.40. The highest BCUT2D eigenvalue weighted by Gasteiger charge is 2.27. The van der Waals surface area contributed by atoms with Gasteiger partial charge in [-0.1, -0.05) is 11.6 Å². The number of hydrogen-bond donors (Lipinski definition) is 1. The van der Waals surface area contributed by atoms with Crippen molar-refractivity contribution >= 4 is 39.4 Å². The van der Waals surface area contributed by atoms with Gasteiger partial charge in [0.25, 0.3) is 5.91 Å². The Balaban J connectivity index is 2.10. The number of likely N-dealkylation sites (tertiary alicyclic amines) is 1. The Morgan fingerprint density at radius 3 is 2.86 bits per heavy atom. The Bertz CT molecular complexity index is 596. The van der Waals surface area contributed by atoms with Crippen LogP contribution in [0.25, 0.3) is 0 Å². The number of carbonyl (C=O) groups excluding carboxylic acids is 1. The lowest BCUT2D eigenvalue weighted by molar-refractivity contribution is -0.137. The molecule has 0 bridgehead atoms. The molecule has 1 saturated heterocycles. The van der Waals surface area contributed by atoms with Crippen LogP contribution in [0.2, 0.25) is 5.02 Å². The number of benzene rings is 1. The zero-order valence-corrected chi connectivity index (χ0v) is 14.2. The summed E-state index contributed by atoms with van der Waals surface area (Å²) in [4.78, 5) is 24.9. The number of nitrogens with zero attached hydrogens (tertiary/aromatic N) is 1. The van der Waals surface area contributed by atoms with Crippen LogP contribution in [0.15, 0.2) is 16.6 Å². The second kappa shape index (κ2) is 7.42. The summed E-state index contributed by atoms with van der Waals surface area (Å²) >= 11 is 8.91. The van der Waals surface area contributed by atoms with E-state index in [4.69, 9.17) is 16.7 Å². The van der Waals surface area contributed by atoms with E-state index in [9.17, 15) is 14.0 Å². The zero-order valence-electron chi connectivity index (χ0n) is 11.8. The second-order valence-electron chi connectivity index (χ2n) is 5.44. The van der Waals surface area contributed by atoms with Gasteiger partial charge in [-0.15, -0.1) is 0 Å². The molecule has 0 radical (unpaired) electrons. The molecule has 0 saturated carbocycles. The van der Waals surface area contributed by atoms with Gasteiger partial charge in [-0.3, -0.25) is 9.59 Å². The normalized spacial score (nSPS) is 18.3. The van der Waals surface area contributed by atoms with E-state index in [2.05, 4.69) is 15.9 Å². The fraction of sp³-hybridized carbons (Fsp3) is 0.467. The third-order valence-corrected chi connectivity index (χ3v) is 4.82. The summed E-state index contributed by atoms with van der Waals surface area (Å²) in [6.07, 6.45) is 2.37. The zero-order chi connectivity index (χ0) is 16.3. The number of carbonyl (C=O) groups is 2. The first kappa shape index (κ1) is 17.2. The molecule has 0 spiro atoms. The molecule has 0 aromatic heterocycles. The summed E-state index contributed by atoms with van der Waals surface area (Å²) in [6.45, 7) is 1.08. The monoisotopic (exact) mass is 391 g/mol. The summed E-state index contributed by atoms with van der Waals surface area (Å²) in [5.74, 6) is -1.52. The van der Waals surface area contributed by atoms with Crippen molar-refractivity contribution in [2.24, 2.45) is 5.92 Å². The Hall–Kier alpha value is -1.14. The lowest BCUT2D eigenvalue weighted by atomic mass is 9.93. The van der Waals surface area contributed by atoms with Crippen LogP contribution < -0.4 is 0 Å². The topological polar surface area (TPSA) is 57.6 Å². The predicted molar refractivity (Wildman–Crippen MR) is 84.6 cm³/mol. The highest BCUT2D eigenvalue weighted by molar-refractivity contribution is 9.10. The Kier molecular flexibility index (Phi) is 5.81. The van der Waals surface area contributed by atoms with Gasteiger partial charge < -0.3 is 10.0 Å². The quantitative estimate of drug-likeness (QED) is 0.789. The van der Waals surface area contributed by atoms with E-state index in [0.717, 1.165) is 18.9 Å². The molecule has 1 fully saturated rings. The van der Waals surface area contributed by atoms with Crippen LogP contribution >= 0.6 is 27.5 Å². The van der Waals surface area contributed by atoms with Gasteiger partial charge in [0.05, 0.1) is 10.0 Å². The van der Waals surface area contributed by atoms with Gasteiger partial charge in [-0.05, 0) is 53.2 Å². The van der Waals surface area contributed by atoms with Crippen LogP contribution in [0.5, 0.6) is 0 Å². The maximum atomic E-state index is 13.7. The van der Waals surface area contributed by atoms with E-state index in [1.807, 2.05) is 0 Å². The standard InChI is InChI=1S/C15H16BrClFNO3/c16-14-11(6-10(17)7-12(14)18)15(22)19-5-1-2-9(8-19)3-4-13(20)21/h6-7,9H,1-5,8H2,(H,20,21). The fourth-order valence-corrected chi connectivity index (χ4v) is 3.30. The molecule has 1 N–H and O–H groups in total. The van der Waals surface area contributed by atoms with Crippen molar-refractivity contribution in [3.05, 3.63) is 33.0 Å². The van der Waals surface area contributed by atoms with E-state index in [1.54, 1.807) is 4.90 Å². The van der Waals surface area contributed by atoms with Crippen LogP contribution in [-0.2, 0) is 4.79 Å². The van der Waals surface area contributed by atoms with E-state index >= 15 is 0 Å². The van der Waals surface area contributed by atoms with Crippen molar-refractivity contribution in [1.29, 1.82) is 0 Å². The number of carboxylic acids is 1. The smallest absolute Gasteiger partial charge is 0.303 e. The van der Waals surface area contributed by atoms with Gasteiger partial charge >= 0.3 is 5.97 Å². The van der Waals surface area contributed by atoms with Crippen molar-refractivity contribution in [3.63, 3.8) is 0 Å². The van der Waals surface area contributed by atoms with E-state index in [-0.39, 0.29) is 33.3 Å². The van der Waals surface area contributed by atoms with Crippen molar-refractivity contribution in [3.8, 4) is 0 Å². The molecule has 1 heterocycles. The highest BCUT2D eigenvalue weighted by Crippen LogP contribution is 2.28. The first-order valence-corrected chi connectivity index (χ1v) is 8.21. The molecule has 1 atom stereocenters. The van der Waals surface area contributed by atoms with E-state index < -0.39 is 11.8 Å². The molecule has 1 aliphatic rings. The largest absolute Gasteiger partial charge is 0.481 e. The van der Waals surface area contributed by atoms with Gasteiger partial charge in [-0.2, -0.15) is 0 Å². The maximum Gasteiger partial charge on any atom is 0.303 e. The van der Waals surface area contributed by atoms with Gasteiger partial charge in [0.15, 0.2) is 0 Å². The molecular weight excluding hydrogens is 377 g/mol. The summed E-state index contributed by atoms with van der Waals surface area (Å²) in [5.41, 5.74) is 0.198. The minimum atomic E-state index is -0.830. The fourth-order valence-electron chi connectivity index (χ4n) is 2.69. The summed E-state index contributed by atoms with van der Waals surface area (Å²) in [6, 6.07) is 2.59. The molecule has 0 aliphatic carbocycles. The maximum absolute atomic E-state index is 13.7. The predicted octanol–water partition coefficient (Wildman–Crippen LogP) is 3.96. The van der Waals surface area contributed by atoms with Crippen LogP contribution in [-0.4, -0.2) is 35.0 Å². The second-order valence-corrected chi connectivity index (χ2v) is 6.67. The molecular formula is C15H16BrClFNO3.